The first-order valence-electron chi connectivity index (χ1n) is 7.25. The van der Waals surface area contributed by atoms with Gasteiger partial charge < -0.3 is 0 Å². The molecular weight excluding hydrogens is 300 g/mol. The Labute approximate surface area is 130 Å². The van der Waals surface area contributed by atoms with Crippen molar-refractivity contribution in [1.82, 2.24) is 19.3 Å². The minimum Gasteiger partial charge on any atom is -0.247 e. The molecule has 0 aliphatic carbocycles. The van der Waals surface area contributed by atoms with E-state index in [2.05, 4.69) is 31.1 Å². The summed E-state index contributed by atoms with van der Waals surface area (Å²) in [7, 11) is -3.42. The summed E-state index contributed by atoms with van der Waals surface area (Å²) in [6.45, 7) is 7.19. The highest BCUT2D eigenvalue weighted by Crippen LogP contribution is 2.29. The zero-order chi connectivity index (χ0) is 16.0. The molecule has 0 atom stereocenters. The fourth-order valence-electron chi connectivity index (χ4n) is 2.47. The lowest BCUT2D eigenvalue weighted by Gasteiger charge is -2.37. The zero-order valence-corrected chi connectivity index (χ0v) is 13.8. The second kappa shape index (κ2) is 5.17. The van der Waals surface area contributed by atoms with E-state index in [9.17, 15) is 8.42 Å². The van der Waals surface area contributed by atoms with E-state index in [-0.39, 0.29) is 11.5 Å². The number of nitrogens with zero attached hydrogens (tertiary/aromatic N) is 4. The van der Waals surface area contributed by atoms with Gasteiger partial charge in [-0.1, -0.05) is 38.1 Å². The first kappa shape index (κ1) is 15.2. The smallest absolute Gasteiger partial charge is 0.243 e. The normalized spacial score (nSPS) is 17.4. The number of benzene rings is 1. The summed E-state index contributed by atoms with van der Waals surface area (Å²) in [6, 6.07) is 7.24. The SMILES string of the molecule is CC(C)(C)c1ccc(S(=O)(=O)N2CC(n3ccnn3)C2)cc1. The topological polar surface area (TPSA) is 68.1 Å². The van der Waals surface area contributed by atoms with Gasteiger partial charge in [-0.3, -0.25) is 0 Å². The van der Waals surface area contributed by atoms with Crippen molar-refractivity contribution >= 4 is 10.0 Å². The van der Waals surface area contributed by atoms with E-state index in [0.717, 1.165) is 5.56 Å². The largest absolute Gasteiger partial charge is 0.247 e. The molecule has 3 rings (SSSR count). The van der Waals surface area contributed by atoms with Crippen molar-refractivity contribution in [2.75, 3.05) is 13.1 Å². The van der Waals surface area contributed by atoms with Crippen molar-refractivity contribution < 1.29 is 8.42 Å². The minimum absolute atomic E-state index is 0.0111. The van der Waals surface area contributed by atoms with E-state index in [0.29, 0.717) is 18.0 Å². The molecule has 0 unspecified atom stereocenters. The van der Waals surface area contributed by atoms with Crippen LogP contribution in [-0.2, 0) is 15.4 Å². The standard InChI is InChI=1S/C15H20N4O2S/c1-15(2,3)12-4-6-14(7-5-12)22(20,21)18-10-13(11-18)19-9-8-16-17-19/h4-9,13H,10-11H2,1-3H3. The average Bonchev–Trinajstić information content (AvgIpc) is 2.89. The molecule has 6 nitrogen and oxygen atoms in total. The van der Waals surface area contributed by atoms with Crippen LogP contribution in [0.1, 0.15) is 32.4 Å². The number of rotatable bonds is 3. The van der Waals surface area contributed by atoms with Crippen molar-refractivity contribution in [3.63, 3.8) is 0 Å². The predicted molar refractivity (Wildman–Crippen MR) is 83.0 cm³/mol. The summed E-state index contributed by atoms with van der Waals surface area (Å²) in [4.78, 5) is 0.345. The van der Waals surface area contributed by atoms with Gasteiger partial charge in [0.25, 0.3) is 0 Å². The number of aromatic nitrogens is 3. The lowest BCUT2D eigenvalue weighted by molar-refractivity contribution is 0.189. The Morgan fingerprint density at radius 3 is 2.27 bits per heavy atom. The second-order valence-corrected chi connectivity index (χ2v) is 8.57. The zero-order valence-electron chi connectivity index (χ0n) is 13.0. The van der Waals surface area contributed by atoms with E-state index >= 15 is 0 Å². The van der Waals surface area contributed by atoms with Crippen molar-refractivity contribution in [2.45, 2.75) is 37.1 Å². The van der Waals surface area contributed by atoms with Gasteiger partial charge in [-0.15, -0.1) is 5.10 Å². The van der Waals surface area contributed by atoms with E-state index in [4.69, 9.17) is 0 Å². The van der Waals surface area contributed by atoms with Crippen LogP contribution in [0.25, 0.3) is 0 Å². The molecule has 2 heterocycles. The van der Waals surface area contributed by atoms with Crippen LogP contribution in [0.2, 0.25) is 0 Å². The van der Waals surface area contributed by atoms with Gasteiger partial charge in [-0.25, -0.2) is 13.1 Å². The molecule has 0 saturated carbocycles. The van der Waals surface area contributed by atoms with Crippen molar-refractivity contribution in [2.24, 2.45) is 0 Å². The maximum absolute atomic E-state index is 12.6. The Kier molecular flexibility index (Phi) is 3.57. The van der Waals surface area contributed by atoms with Gasteiger partial charge in [0, 0.05) is 19.3 Å². The molecule has 1 aromatic heterocycles. The van der Waals surface area contributed by atoms with Gasteiger partial charge in [0.2, 0.25) is 10.0 Å². The number of hydrogen-bond acceptors (Lipinski definition) is 4. The van der Waals surface area contributed by atoms with Crippen LogP contribution in [0.15, 0.2) is 41.6 Å². The van der Waals surface area contributed by atoms with Gasteiger partial charge >= 0.3 is 0 Å². The third-order valence-electron chi connectivity index (χ3n) is 4.00. The summed E-state index contributed by atoms with van der Waals surface area (Å²) in [5, 5.41) is 7.66. The first-order valence-corrected chi connectivity index (χ1v) is 8.69. The number of hydrogen-bond donors (Lipinski definition) is 0. The van der Waals surface area contributed by atoms with Crippen LogP contribution in [0.5, 0.6) is 0 Å². The molecule has 118 valence electrons. The molecule has 0 radical (unpaired) electrons. The van der Waals surface area contributed by atoms with Gasteiger partial charge in [0.1, 0.15) is 0 Å². The van der Waals surface area contributed by atoms with E-state index in [1.54, 1.807) is 29.2 Å². The molecule has 7 heteroatoms. The van der Waals surface area contributed by atoms with Crippen molar-refractivity contribution in [3.05, 3.63) is 42.2 Å². The van der Waals surface area contributed by atoms with Crippen LogP contribution in [0.3, 0.4) is 0 Å². The Hall–Kier alpha value is -1.73. The highest BCUT2D eigenvalue weighted by molar-refractivity contribution is 7.89. The molecule has 1 aliphatic rings. The van der Waals surface area contributed by atoms with Gasteiger partial charge in [-0.2, -0.15) is 4.31 Å². The van der Waals surface area contributed by atoms with Crippen molar-refractivity contribution in [3.8, 4) is 0 Å². The quantitative estimate of drug-likeness (QED) is 0.865. The summed E-state index contributed by atoms with van der Waals surface area (Å²) in [5.74, 6) is 0. The lowest BCUT2D eigenvalue weighted by atomic mass is 9.87. The summed E-state index contributed by atoms with van der Waals surface area (Å²) in [5.41, 5.74) is 1.13. The third-order valence-corrected chi connectivity index (χ3v) is 5.85. The van der Waals surface area contributed by atoms with Gasteiger partial charge in [0.15, 0.2) is 0 Å². The van der Waals surface area contributed by atoms with Gasteiger partial charge in [0.05, 0.1) is 17.1 Å². The molecule has 22 heavy (non-hydrogen) atoms. The average molecular weight is 320 g/mol. The highest BCUT2D eigenvalue weighted by atomic mass is 32.2. The van der Waals surface area contributed by atoms with Crippen LogP contribution in [0.4, 0.5) is 0 Å². The molecule has 2 aromatic rings. The summed E-state index contributed by atoms with van der Waals surface area (Å²) < 4.78 is 28.3. The molecule has 1 aliphatic heterocycles. The van der Waals surface area contributed by atoms with Crippen LogP contribution in [0, 0.1) is 0 Å². The summed E-state index contributed by atoms with van der Waals surface area (Å²) in [6.07, 6.45) is 3.36. The molecular formula is C15H20N4O2S. The molecule has 0 N–H and O–H groups in total. The highest BCUT2D eigenvalue weighted by Gasteiger charge is 2.38. The Balaban J connectivity index is 1.74. The molecule has 0 bridgehead atoms. The van der Waals surface area contributed by atoms with E-state index < -0.39 is 10.0 Å². The maximum Gasteiger partial charge on any atom is 0.243 e. The first-order chi connectivity index (χ1) is 10.3. The summed E-state index contributed by atoms with van der Waals surface area (Å²) >= 11 is 0. The van der Waals surface area contributed by atoms with Crippen molar-refractivity contribution in [1.29, 1.82) is 0 Å². The van der Waals surface area contributed by atoms with E-state index in [1.165, 1.54) is 4.31 Å². The Bertz CT molecular complexity index is 740. The monoisotopic (exact) mass is 320 g/mol. The molecule has 1 fully saturated rings. The lowest BCUT2D eigenvalue weighted by Crippen LogP contribution is -2.50. The molecule has 1 saturated heterocycles. The van der Waals surface area contributed by atoms with Crippen LogP contribution < -0.4 is 0 Å². The fourth-order valence-corrected chi connectivity index (χ4v) is 3.98. The van der Waals surface area contributed by atoms with E-state index in [1.807, 2.05) is 12.1 Å². The fraction of sp³-hybridized carbons (Fsp3) is 0.467. The molecule has 0 spiro atoms. The van der Waals surface area contributed by atoms with Gasteiger partial charge in [-0.05, 0) is 23.1 Å². The Morgan fingerprint density at radius 1 is 1.14 bits per heavy atom. The molecule has 1 aromatic carbocycles. The predicted octanol–water partition coefficient (Wildman–Crippen LogP) is 1.82. The second-order valence-electron chi connectivity index (χ2n) is 6.63. The Morgan fingerprint density at radius 2 is 1.77 bits per heavy atom. The number of sulfonamides is 1. The van der Waals surface area contributed by atoms with Crippen LogP contribution >= 0.6 is 0 Å². The van der Waals surface area contributed by atoms with Crippen LogP contribution in [-0.4, -0.2) is 40.8 Å². The molecule has 0 amide bonds. The minimum atomic E-state index is -3.42. The third kappa shape index (κ3) is 2.66. The maximum atomic E-state index is 12.6.